The van der Waals surface area contributed by atoms with Gasteiger partial charge in [-0.3, -0.25) is 19.2 Å². The van der Waals surface area contributed by atoms with Gasteiger partial charge < -0.3 is 21.1 Å². The molecule has 0 heterocycles. The summed E-state index contributed by atoms with van der Waals surface area (Å²) in [4.78, 5) is 46.3. The van der Waals surface area contributed by atoms with E-state index in [4.69, 9.17) is 5.11 Å². The SMILES string of the molecule is CC(C)C[C@H](NC(=O)c1ccccc1)C(=O)NCC(=O)NCC(=O)O. The highest BCUT2D eigenvalue weighted by atomic mass is 16.4. The van der Waals surface area contributed by atoms with Gasteiger partial charge in [0.2, 0.25) is 11.8 Å². The molecule has 0 fully saturated rings. The van der Waals surface area contributed by atoms with Crippen molar-refractivity contribution in [2.75, 3.05) is 13.1 Å². The van der Waals surface area contributed by atoms with Gasteiger partial charge in [0.25, 0.3) is 5.91 Å². The molecule has 1 aromatic carbocycles. The third kappa shape index (κ3) is 7.96. The number of amides is 3. The van der Waals surface area contributed by atoms with Crippen LogP contribution in [0.15, 0.2) is 30.3 Å². The van der Waals surface area contributed by atoms with Crippen LogP contribution >= 0.6 is 0 Å². The summed E-state index contributed by atoms with van der Waals surface area (Å²) in [5.74, 6) is -2.52. The van der Waals surface area contributed by atoms with E-state index in [-0.39, 0.29) is 18.4 Å². The van der Waals surface area contributed by atoms with Crippen molar-refractivity contribution in [3.05, 3.63) is 35.9 Å². The molecule has 8 heteroatoms. The number of hydrogen-bond donors (Lipinski definition) is 4. The van der Waals surface area contributed by atoms with Crippen LogP contribution < -0.4 is 16.0 Å². The molecule has 0 aliphatic carbocycles. The van der Waals surface area contributed by atoms with Crippen molar-refractivity contribution < 1.29 is 24.3 Å². The molecular weight excluding hydrogens is 326 g/mol. The molecule has 0 aliphatic heterocycles. The number of carboxylic acid groups (broad SMARTS) is 1. The van der Waals surface area contributed by atoms with E-state index in [1.807, 2.05) is 13.8 Å². The molecule has 136 valence electrons. The second-order valence-electron chi connectivity index (χ2n) is 5.91. The lowest BCUT2D eigenvalue weighted by molar-refractivity contribution is -0.137. The number of carboxylic acids is 1. The van der Waals surface area contributed by atoms with Crippen LogP contribution in [-0.4, -0.2) is 47.9 Å². The Morgan fingerprint density at radius 2 is 1.64 bits per heavy atom. The fourth-order valence-electron chi connectivity index (χ4n) is 2.06. The third-order valence-corrected chi connectivity index (χ3v) is 3.22. The first-order chi connectivity index (χ1) is 11.8. The standard InChI is InChI=1S/C17H23N3O5/c1-11(2)8-13(20-16(24)12-6-4-3-5-7-12)17(25)19-9-14(21)18-10-15(22)23/h3-7,11,13H,8-10H2,1-2H3,(H,18,21)(H,19,25)(H,20,24)(H,22,23)/t13-/m0/s1. The first-order valence-corrected chi connectivity index (χ1v) is 7.91. The van der Waals surface area contributed by atoms with Crippen molar-refractivity contribution in [2.24, 2.45) is 5.92 Å². The molecule has 0 saturated heterocycles. The monoisotopic (exact) mass is 349 g/mol. The topological polar surface area (TPSA) is 125 Å². The lowest BCUT2D eigenvalue weighted by Gasteiger charge is -2.20. The molecule has 0 radical (unpaired) electrons. The average Bonchev–Trinajstić information content (AvgIpc) is 2.57. The van der Waals surface area contributed by atoms with Gasteiger partial charge in [0, 0.05) is 5.56 Å². The predicted octanol–water partition coefficient (Wildman–Crippen LogP) is 0.148. The van der Waals surface area contributed by atoms with Crippen molar-refractivity contribution in [3.8, 4) is 0 Å². The van der Waals surface area contributed by atoms with Gasteiger partial charge in [0.1, 0.15) is 12.6 Å². The molecule has 0 spiro atoms. The Kier molecular flexibility index (Phi) is 8.11. The number of aliphatic carboxylic acids is 1. The average molecular weight is 349 g/mol. The normalized spacial score (nSPS) is 11.5. The minimum atomic E-state index is -1.17. The Labute approximate surface area is 146 Å². The Morgan fingerprint density at radius 1 is 1.00 bits per heavy atom. The van der Waals surface area contributed by atoms with Crippen LogP contribution in [0.2, 0.25) is 0 Å². The van der Waals surface area contributed by atoms with E-state index in [2.05, 4.69) is 16.0 Å². The number of rotatable bonds is 9. The summed E-state index contributed by atoms with van der Waals surface area (Å²) in [6.07, 6.45) is 0.404. The lowest BCUT2D eigenvalue weighted by Crippen LogP contribution is -2.49. The zero-order chi connectivity index (χ0) is 18.8. The summed E-state index contributed by atoms with van der Waals surface area (Å²) in [6, 6.07) is 7.71. The van der Waals surface area contributed by atoms with Crippen molar-refractivity contribution in [1.82, 2.24) is 16.0 Å². The van der Waals surface area contributed by atoms with Crippen LogP contribution in [0.25, 0.3) is 0 Å². The smallest absolute Gasteiger partial charge is 0.322 e. The van der Waals surface area contributed by atoms with E-state index in [0.717, 1.165) is 0 Å². The first kappa shape index (κ1) is 20.1. The van der Waals surface area contributed by atoms with Crippen LogP contribution in [0.4, 0.5) is 0 Å². The summed E-state index contributed by atoms with van der Waals surface area (Å²) in [5, 5.41) is 15.7. The van der Waals surface area contributed by atoms with Crippen LogP contribution in [-0.2, 0) is 14.4 Å². The van der Waals surface area contributed by atoms with E-state index >= 15 is 0 Å². The molecule has 4 N–H and O–H groups in total. The fourth-order valence-corrected chi connectivity index (χ4v) is 2.06. The Morgan fingerprint density at radius 3 is 2.20 bits per heavy atom. The van der Waals surface area contributed by atoms with Gasteiger partial charge in [-0.15, -0.1) is 0 Å². The highest BCUT2D eigenvalue weighted by Crippen LogP contribution is 2.07. The lowest BCUT2D eigenvalue weighted by atomic mass is 10.0. The van der Waals surface area contributed by atoms with E-state index < -0.39 is 30.4 Å². The molecular formula is C17H23N3O5. The number of carbonyl (C=O) groups is 4. The number of nitrogens with one attached hydrogen (secondary N) is 3. The maximum atomic E-state index is 12.3. The van der Waals surface area contributed by atoms with Crippen molar-refractivity contribution in [1.29, 1.82) is 0 Å². The maximum Gasteiger partial charge on any atom is 0.322 e. The van der Waals surface area contributed by atoms with E-state index in [0.29, 0.717) is 12.0 Å². The van der Waals surface area contributed by atoms with Crippen LogP contribution in [0.1, 0.15) is 30.6 Å². The van der Waals surface area contributed by atoms with Gasteiger partial charge in [-0.25, -0.2) is 0 Å². The maximum absolute atomic E-state index is 12.3. The molecule has 1 aromatic rings. The van der Waals surface area contributed by atoms with E-state index in [1.165, 1.54) is 0 Å². The van der Waals surface area contributed by atoms with Gasteiger partial charge in [-0.1, -0.05) is 32.0 Å². The molecule has 1 rings (SSSR count). The largest absolute Gasteiger partial charge is 0.480 e. The minimum absolute atomic E-state index is 0.146. The molecule has 0 saturated carbocycles. The summed E-state index contributed by atoms with van der Waals surface area (Å²) in [7, 11) is 0. The quantitative estimate of drug-likeness (QED) is 0.505. The summed E-state index contributed by atoms with van der Waals surface area (Å²) in [5.41, 5.74) is 0.434. The van der Waals surface area contributed by atoms with Gasteiger partial charge in [0.05, 0.1) is 6.54 Å². The number of benzene rings is 1. The van der Waals surface area contributed by atoms with Crippen LogP contribution in [0.5, 0.6) is 0 Å². The predicted molar refractivity (Wildman–Crippen MR) is 90.8 cm³/mol. The van der Waals surface area contributed by atoms with Crippen LogP contribution in [0, 0.1) is 5.92 Å². The Hall–Kier alpha value is -2.90. The highest BCUT2D eigenvalue weighted by Gasteiger charge is 2.22. The summed E-state index contributed by atoms with van der Waals surface area (Å²) in [6.45, 7) is 2.94. The van der Waals surface area contributed by atoms with Gasteiger partial charge in [0.15, 0.2) is 0 Å². The van der Waals surface area contributed by atoms with Gasteiger partial charge >= 0.3 is 5.97 Å². The van der Waals surface area contributed by atoms with Gasteiger partial charge in [-0.2, -0.15) is 0 Å². The fraction of sp³-hybridized carbons (Fsp3) is 0.412. The summed E-state index contributed by atoms with van der Waals surface area (Å²) < 4.78 is 0. The highest BCUT2D eigenvalue weighted by molar-refractivity contribution is 5.98. The van der Waals surface area contributed by atoms with E-state index in [9.17, 15) is 19.2 Å². The second-order valence-corrected chi connectivity index (χ2v) is 5.91. The van der Waals surface area contributed by atoms with Crippen molar-refractivity contribution >= 4 is 23.7 Å². The molecule has 0 unspecified atom stereocenters. The zero-order valence-corrected chi connectivity index (χ0v) is 14.2. The third-order valence-electron chi connectivity index (χ3n) is 3.22. The molecule has 0 aliphatic rings. The molecule has 8 nitrogen and oxygen atoms in total. The minimum Gasteiger partial charge on any atom is -0.480 e. The van der Waals surface area contributed by atoms with Crippen LogP contribution in [0.3, 0.4) is 0 Å². The summed E-state index contributed by atoms with van der Waals surface area (Å²) >= 11 is 0. The first-order valence-electron chi connectivity index (χ1n) is 7.91. The Bertz CT molecular complexity index is 616. The molecule has 3 amide bonds. The van der Waals surface area contributed by atoms with E-state index in [1.54, 1.807) is 30.3 Å². The second kappa shape index (κ2) is 10.1. The van der Waals surface area contributed by atoms with Crippen molar-refractivity contribution in [2.45, 2.75) is 26.3 Å². The molecule has 0 bridgehead atoms. The number of carbonyl (C=O) groups excluding carboxylic acids is 3. The molecule has 25 heavy (non-hydrogen) atoms. The molecule has 1 atom stereocenters. The van der Waals surface area contributed by atoms with Gasteiger partial charge in [-0.05, 0) is 24.5 Å². The molecule has 0 aromatic heterocycles. The van der Waals surface area contributed by atoms with Crippen molar-refractivity contribution in [3.63, 3.8) is 0 Å². The zero-order valence-electron chi connectivity index (χ0n) is 14.2. The Balaban J connectivity index is 2.61. The number of hydrogen-bond acceptors (Lipinski definition) is 4.